The normalized spacial score (nSPS) is 11.1. The zero-order valence-electron chi connectivity index (χ0n) is 14.8. The van der Waals surface area contributed by atoms with E-state index in [0.29, 0.717) is 5.69 Å². The maximum atomic E-state index is 13.7. The van der Waals surface area contributed by atoms with Crippen molar-refractivity contribution in [3.05, 3.63) is 41.5 Å². The lowest BCUT2D eigenvalue weighted by Gasteiger charge is -2.21. The predicted octanol–water partition coefficient (Wildman–Crippen LogP) is 3.52. The molecule has 0 atom stereocenters. The fourth-order valence-electron chi connectivity index (χ4n) is 2.32. The van der Waals surface area contributed by atoms with Crippen LogP contribution in [0.5, 0.6) is 0 Å². The number of anilines is 2. The van der Waals surface area contributed by atoms with Gasteiger partial charge in [-0.3, -0.25) is 14.8 Å². The number of carbonyl (C=O) groups excluding carboxylic acids is 2. The molecule has 2 aromatic rings. The highest BCUT2D eigenvalue weighted by Gasteiger charge is 2.20. The zero-order chi connectivity index (χ0) is 18.8. The molecule has 0 unspecified atom stereocenters. The van der Waals surface area contributed by atoms with Gasteiger partial charge in [-0.1, -0.05) is 0 Å². The Balaban J connectivity index is 2.21. The molecule has 0 bridgehead atoms. The van der Waals surface area contributed by atoms with Gasteiger partial charge in [0.2, 0.25) is 0 Å². The molecule has 8 heteroatoms. The second kappa shape index (κ2) is 6.92. The molecule has 1 aromatic heterocycles. The molecule has 2 rings (SSSR count). The molecule has 25 heavy (non-hydrogen) atoms. The minimum atomic E-state index is -0.804. The molecule has 7 nitrogen and oxygen atoms in total. The summed E-state index contributed by atoms with van der Waals surface area (Å²) >= 11 is 0. The predicted molar refractivity (Wildman–Crippen MR) is 92.3 cm³/mol. The monoisotopic (exact) mass is 348 g/mol. The number of nitrogens with one attached hydrogen (secondary N) is 2. The van der Waals surface area contributed by atoms with Crippen molar-refractivity contribution in [3.63, 3.8) is 0 Å². The molecule has 2 N–H and O–H groups in total. The van der Waals surface area contributed by atoms with E-state index in [1.54, 1.807) is 10.7 Å². The second-order valence-electron chi connectivity index (χ2n) is 6.52. The Morgan fingerprint density at radius 1 is 1.20 bits per heavy atom. The number of aromatic nitrogens is 2. The highest BCUT2D eigenvalue weighted by molar-refractivity contribution is 6.03. The summed E-state index contributed by atoms with van der Waals surface area (Å²) in [7, 11) is 1.17. The molecule has 0 saturated carbocycles. The van der Waals surface area contributed by atoms with E-state index in [0.717, 1.165) is 11.8 Å². The Morgan fingerprint density at radius 2 is 1.88 bits per heavy atom. The first kappa shape index (κ1) is 18.4. The lowest BCUT2D eigenvalue weighted by molar-refractivity contribution is 0.102. The van der Waals surface area contributed by atoms with Gasteiger partial charge in [0.1, 0.15) is 5.82 Å². The van der Waals surface area contributed by atoms with Gasteiger partial charge in [0.15, 0.2) is 5.69 Å². The van der Waals surface area contributed by atoms with Gasteiger partial charge in [0, 0.05) is 11.4 Å². The number of carbonyl (C=O) groups is 2. The van der Waals surface area contributed by atoms with Crippen LogP contribution in [0.3, 0.4) is 0 Å². The van der Waals surface area contributed by atoms with Crippen LogP contribution in [0, 0.1) is 12.7 Å². The molecule has 0 aliphatic heterocycles. The minimum Gasteiger partial charge on any atom is -0.453 e. The Hall–Kier alpha value is -2.90. The van der Waals surface area contributed by atoms with Crippen LogP contribution in [-0.2, 0) is 10.3 Å². The van der Waals surface area contributed by atoms with Gasteiger partial charge in [-0.25, -0.2) is 9.18 Å². The number of hydrogen-bond acceptors (Lipinski definition) is 4. The third-order valence-corrected chi connectivity index (χ3v) is 3.40. The minimum absolute atomic E-state index is 0.0962. The number of benzene rings is 1. The summed E-state index contributed by atoms with van der Waals surface area (Å²) in [5, 5.41) is 9.19. The Morgan fingerprint density at radius 3 is 2.44 bits per heavy atom. The van der Waals surface area contributed by atoms with Gasteiger partial charge in [-0.05, 0) is 52.0 Å². The van der Waals surface area contributed by atoms with Crippen LogP contribution < -0.4 is 10.6 Å². The van der Waals surface area contributed by atoms with E-state index in [1.165, 1.54) is 19.2 Å². The van der Waals surface area contributed by atoms with Crippen LogP contribution >= 0.6 is 0 Å². The zero-order valence-corrected chi connectivity index (χ0v) is 14.8. The van der Waals surface area contributed by atoms with Crippen molar-refractivity contribution in [1.82, 2.24) is 9.78 Å². The van der Waals surface area contributed by atoms with E-state index >= 15 is 0 Å². The summed E-state index contributed by atoms with van der Waals surface area (Å²) in [6, 6.07) is 5.51. The Labute approximate surface area is 145 Å². The summed E-state index contributed by atoms with van der Waals surface area (Å²) in [6.45, 7) is 7.82. The van der Waals surface area contributed by atoms with Crippen molar-refractivity contribution >= 4 is 23.4 Å². The quantitative estimate of drug-likeness (QED) is 0.889. The van der Waals surface area contributed by atoms with Gasteiger partial charge in [0.25, 0.3) is 5.91 Å². The first-order chi connectivity index (χ1) is 11.6. The van der Waals surface area contributed by atoms with Crippen molar-refractivity contribution in [2.24, 2.45) is 0 Å². The average molecular weight is 348 g/mol. The molecular weight excluding hydrogens is 327 g/mol. The van der Waals surface area contributed by atoms with E-state index in [4.69, 9.17) is 0 Å². The van der Waals surface area contributed by atoms with E-state index in [-0.39, 0.29) is 16.9 Å². The first-order valence-corrected chi connectivity index (χ1v) is 7.65. The van der Waals surface area contributed by atoms with E-state index < -0.39 is 17.8 Å². The number of aryl methyl sites for hydroxylation is 1. The maximum Gasteiger partial charge on any atom is 0.411 e. The molecule has 134 valence electrons. The van der Waals surface area contributed by atoms with Crippen LogP contribution in [0.1, 0.15) is 37.0 Å². The number of nitrogens with zero attached hydrogens (tertiary/aromatic N) is 2. The van der Waals surface area contributed by atoms with E-state index in [1.807, 2.05) is 27.7 Å². The average Bonchev–Trinajstić information content (AvgIpc) is 2.92. The molecule has 0 aliphatic rings. The molecule has 0 radical (unpaired) electrons. The van der Waals surface area contributed by atoms with Gasteiger partial charge >= 0.3 is 6.09 Å². The third-order valence-electron chi connectivity index (χ3n) is 3.40. The van der Waals surface area contributed by atoms with Crippen molar-refractivity contribution < 1.29 is 18.7 Å². The highest BCUT2D eigenvalue weighted by atomic mass is 19.1. The van der Waals surface area contributed by atoms with Crippen LogP contribution in [0.2, 0.25) is 0 Å². The van der Waals surface area contributed by atoms with Crippen molar-refractivity contribution in [3.8, 4) is 0 Å². The van der Waals surface area contributed by atoms with Gasteiger partial charge in [-0.2, -0.15) is 5.10 Å². The highest BCUT2D eigenvalue weighted by Crippen LogP contribution is 2.21. The lowest BCUT2D eigenvalue weighted by atomic mass is 10.1. The van der Waals surface area contributed by atoms with Crippen molar-refractivity contribution in [1.29, 1.82) is 0 Å². The van der Waals surface area contributed by atoms with Crippen LogP contribution in [0.25, 0.3) is 0 Å². The molecule has 0 fully saturated rings. The molecule has 0 aliphatic carbocycles. The summed E-state index contributed by atoms with van der Waals surface area (Å²) in [4.78, 5) is 23.6. The third kappa shape index (κ3) is 4.34. The summed E-state index contributed by atoms with van der Waals surface area (Å²) in [5.74, 6) is -1.07. The largest absolute Gasteiger partial charge is 0.453 e. The number of methoxy groups -OCH3 is 1. The van der Waals surface area contributed by atoms with Crippen molar-refractivity contribution in [2.45, 2.75) is 33.2 Å². The van der Waals surface area contributed by atoms with Gasteiger partial charge in [0.05, 0.1) is 18.3 Å². The van der Waals surface area contributed by atoms with E-state index in [2.05, 4.69) is 20.5 Å². The van der Waals surface area contributed by atoms with Gasteiger partial charge < -0.3 is 10.1 Å². The fourth-order valence-corrected chi connectivity index (χ4v) is 2.32. The summed E-state index contributed by atoms with van der Waals surface area (Å²) < 4.78 is 19.9. The molecule has 0 saturated heterocycles. The van der Waals surface area contributed by atoms with Crippen LogP contribution in [-0.4, -0.2) is 28.9 Å². The summed E-state index contributed by atoms with van der Waals surface area (Å²) in [5.41, 5.74) is 1.07. The van der Waals surface area contributed by atoms with Gasteiger partial charge in [-0.15, -0.1) is 0 Å². The fraction of sp³-hybridized carbons (Fsp3) is 0.353. The number of amides is 2. The second-order valence-corrected chi connectivity index (χ2v) is 6.52. The number of ether oxygens (including phenoxy) is 1. The number of rotatable bonds is 3. The Bertz CT molecular complexity index is 809. The first-order valence-electron chi connectivity index (χ1n) is 7.65. The standard InChI is InChI=1S/C17H21FN4O3/c1-10-8-14(21-22(10)17(2,3)4)15(23)19-11-6-7-12(18)13(9-11)20-16(24)25-5/h6-9H,1-5H3,(H,19,23)(H,20,24). The molecule has 1 aromatic carbocycles. The van der Waals surface area contributed by atoms with Crippen molar-refractivity contribution in [2.75, 3.05) is 17.7 Å². The van der Waals surface area contributed by atoms with E-state index in [9.17, 15) is 14.0 Å². The molecule has 1 heterocycles. The van der Waals surface area contributed by atoms with Crippen LogP contribution in [0.15, 0.2) is 24.3 Å². The van der Waals surface area contributed by atoms with Crippen LogP contribution in [0.4, 0.5) is 20.6 Å². The smallest absolute Gasteiger partial charge is 0.411 e. The number of hydrogen-bond donors (Lipinski definition) is 2. The molecule has 2 amide bonds. The number of halogens is 1. The molecule has 0 spiro atoms. The summed E-state index contributed by atoms with van der Waals surface area (Å²) in [6.07, 6.45) is -0.804. The lowest BCUT2D eigenvalue weighted by Crippen LogP contribution is -2.25. The maximum absolute atomic E-state index is 13.7. The Kier molecular flexibility index (Phi) is 5.10. The SMILES string of the molecule is COC(=O)Nc1cc(NC(=O)c2cc(C)n(C(C)(C)C)n2)ccc1F. The molecular formula is C17H21FN4O3. The topological polar surface area (TPSA) is 85.3 Å².